The molecule has 2 unspecified atom stereocenters. The number of ketones is 1. The SMILES string of the molecule is COc1cc2c(cc1OC)C1CC(=O)C(C(O)(O)C(O)(C(O)(O)O)C(O)(O)O)CN1CC2. The van der Waals surface area contributed by atoms with Crippen molar-refractivity contribution in [3.05, 3.63) is 23.3 Å². The summed E-state index contributed by atoms with van der Waals surface area (Å²) in [5.41, 5.74) is -3.02. The number of carbonyl (C=O) groups is 1. The van der Waals surface area contributed by atoms with Gasteiger partial charge in [-0.15, -0.1) is 0 Å². The monoisotopic (exact) mass is 461 g/mol. The summed E-state index contributed by atoms with van der Waals surface area (Å²) in [7, 11) is 2.92. The molecule has 9 N–H and O–H groups in total. The van der Waals surface area contributed by atoms with Crippen LogP contribution in [-0.2, 0) is 11.2 Å². The van der Waals surface area contributed by atoms with E-state index in [1.807, 2.05) is 0 Å². The van der Waals surface area contributed by atoms with Crippen LogP contribution in [-0.4, -0.2) is 107 Å². The number of hydrogen-bond donors (Lipinski definition) is 9. The zero-order valence-corrected chi connectivity index (χ0v) is 17.3. The van der Waals surface area contributed by atoms with E-state index >= 15 is 0 Å². The normalized spacial score (nSPS) is 22.9. The Balaban J connectivity index is 1.99. The van der Waals surface area contributed by atoms with Crippen LogP contribution in [0.5, 0.6) is 11.5 Å². The highest BCUT2D eigenvalue weighted by Crippen LogP contribution is 2.47. The van der Waals surface area contributed by atoms with Crippen molar-refractivity contribution in [2.24, 2.45) is 5.92 Å². The predicted octanol–water partition coefficient (Wildman–Crippen LogP) is -4.13. The van der Waals surface area contributed by atoms with Crippen molar-refractivity contribution in [3.8, 4) is 11.5 Å². The number of rotatable bonds is 6. The maximum atomic E-state index is 12.9. The van der Waals surface area contributed by atoms with Gasteiger partial charge in [-0.05, 0) is 29.7 Å². The Hall–Kier alpha value is -1.91. The molecule has 13 nitrogen and oxygen atoms in total. The number of ether oxygens (including phenoxy) is 2. The van der Waals surface area contributed by atoms with E-state index < -0.39 is 47.6 Å². The van der Waals surface area contributed by atoms with Crippen LogP contribution >= 0.6 is 0 Å². The lowest BCUT2D eigenvalue weighted by atomic mass is 9.72. The lowest BCUT2D eigenvalue weighted by molar-refractivity contribution is -0.545. The van der Waals surface area contributed by atoms with Gasteiger partial charge in [-0.1, -0.05) is 0 Å². The van der Waals surface area contributed by atoms with Crippen LogP contribution in [0.1, 0.15) is 23.6 Å². The zero-order valence-electron chi connectivity index (χ0n) is 17.3. The number of fused-ring (bicyclic) bond motifs is 3. The lowest BCUT2D eigenvalue weighted by Gasteiger charge is -2.52. The molecule has 2 aliphatic rings. The highest BCUT2D eigenvalue weighted by molar-refractivity contribution is 5.84. The minimum Gasteiger partial charge on any atom is -0.493 e. The van der Waals surface area contributed by atoms with Gasteiger partial charge in [0.15, 0.2) is 11.5 Å². The van der Waals surface area contributed by atoms with Gasteiger partial charge in [0.1, 0.15) is 5.78 Å². The van der Waals surface area contributed by atoms with Gasteiger partial charge in [0.2, 0.25) is 5.79 Å². The van der Waals surface area contributed by atoms with Crippen molar-refractivity contribution >= 4 is 5.78 Å². The summed E-state index contributed by atoms with van der Waals surface area (Å²) < 4.78 is 10.6. The van der Waals surface area contributed by atoms with Crippen LogP contribution in [0.2, 0.25) is 0 Å². The highest BCUT2D eigenvalue weighted by atomic mass is 16.8. The summed E-state index contributed by atoms with van der Waals surface area (Å²) in [5.74, 6) is -15.5. The molecule has 1 aromatic carbocycles. The molecule has 0 saturated carbocycles. The van der Waals surface area contributed by atoms with Crippen LogP contribution in [0.3, 0.4) is 0 Å². The number of methoxy groups -OCH3 is 2. The molecule has 3 rings (SSSR count). The van der Waals surface area contributed by atoms with Gasteiger partial charge in [-0.3, -0.25) is 9.69 Å². The van der Waals surface area contributed by atoms with E-state index in [9.17, 15) is 50.8 Å². The summed E-state index contributed by atoms with van der Waals surface area (Å²) in [6.45, 7) is -0.199. The molecule has 0 aromatic heterocycles. The number of benzene rings is 1. The summed E-state index contributed by atoms with van der Waals surface area (Å²) in [6.07, 6.45) is 0.103. The molecule has 0 aliphatic carbocycles. The Bertz CT molecular complexity index is 874. The maximum Gasteiger partial charge on any atom is 0.320 e. The molecule has 13 heteroatoms. The predicted molar refractivity (Wildman–Crippen MR) is 102 cm³/mol. The quantitative estimate of drug-likeness (QED) is 0.184. The van der Waals surface area contributed by atoms with Gasteiger partial charge in [0.05, 0.1) is 20.1 Å². The summed E-state index contributed by atoms with van der Waals surface area (Å²) in [5, 5.41) is 87.7. The molecule has 0 bridgehead atoms. The van der Waals surface area contributed by atoms with Crippen LogP contribution in [0, 0.1) is 5.92 Å². The Morgan fingerprint density at radius 1 is 0.906 bits per heavy atom. The molecule has 2 heterocycles. The molecule has 180 valence electrons. The summed E-state index contributed by atoms with van der Waals surface area (Å²) in [4.78, 5) is 14.5. The number of aliphatic hydroxyl groups is 9. The first-order valence-electron chi connectivity index (χ1n) is 9.63. The van der Waals surface area contributed by atoms with E-state index in [0.29, 0.717) is 30.0 Å². The minimum atomic E-state index is -4.63. The van der Waals surface area contributed by atoms with Crippen molar-refractivity contribution in [2.45, 2.75) is 42.2 Å². The van der Waals surface area contributed by atoms with Crippen molar-refractivity contribution in [2.75, 3.05) is 27.3 Å². The van der Waals surface area contributed by atoms with Crippen LogP contribution < -0.4 is 9.47 Å². The van der Waals surface area contributed by atoms with Gasteiger partial charge in [-0.25, -0.2) is 0 Å². The molecule has 0 radical (unpaired) electrons. The van der Waals surface area contributed by atoms with E-state index in [-0.39, 0.29) is 6.42 Å². The topological polar surface area (TPSA) is 221 Å². The molecule has 1 fully saturated rings. The number of hydrogen-bond acceptors (Lipinski definition) is 13. The molecule has 1 aromatic rings. The first-order chi connectivity index (χ1) is 14.6. The smallest absolute Gasteiger partial charge is 0.320 e. The van der Waals surface area contributed by atoms with Crippen molar-refractivity contribution in [1.82, 2.24) is 4.90 Å². The van der Waals surface area contributed by atoms with Crippen LogP contribution in [0.25, 0.3) is 0 Å². The van der Waals surface area contributed by atoms with Crippen molar-refractivity contribution in [1.29, 1.82) is 0 Å². The van der Waals surface area contributed by atoms with Crippen molar-refractivity contribution < 1.29 is 60.2 Å². The first kappa shape index (κ1) is 24.7. The van der Waals surface area contributed by atoms with Gasteiger partial charge in [-0.2, -0.15) is 0 Å². The van der Waals surface area contributed by atoms with E-state index in [2.05, 4.69) is 0 Å². The zero-order chi connectivity index (χ0) is 24.3. The Kier molecular flexibility index (Phi) is 6.06. The number of piperidine rings is 1. The largest absolute Gasteiger partial charge is 0.493 e. The average molecular weight is 461 g/mol. The van der Waals surface area contributed by atoms with E-state index in [4.69, 9.17) is 9.47 Å². The average Bonchev–Trinajstić information content (AvgIpc) is 2.69. The van der Waals surface area contributed by atoms with Crippen LogP contribution in [0.4, 0.5) is 0 Å². The third-order valence-electron chi connectivity index (χ3n) is 6.30. The Morgan fingerprint density at radius 2 is 1.44 bits per heavy atom. The summed E-state index contributed by atoms with van der Waals surface area (Å²) in [6, 6.07) is 2.90. The number of nitrogens with zero attached hydrogens (tertiary/aromatic N) is 1. The fourth-order valence-corrected chi connectivity index (χ4v) is 4.53. The first-order valence-corrected chi connectivity index (χ1v) is 9.63. The molecule has 32 heavy (non-hydrogen) atoms. The standard InChI is InChI=1S/C19H27NO12/c1-31-14-5-9-3-4-20-8-11(13(21)7-12(20)10(9)6-15(14)32-2)16(22,23)17(24,18(25,26)27)19(28,29)30/h5-6,11-12,22-30H,3-4,7-8H2,1-2H3. The third kappa shape index (κ3) is 3.56. The summed E-state index contributed by atoms with van der Waals surface area (Å²) >= 11 is 0. The fraction of sp³-hybridized carbons (Fsp3) is 0.632. The second kappa shape index (κ2) is 7.85. The fourth-order valence-electron chi connectivity index (χ4n) is 4.53. The van der Waals surface area contributed by atoms with Gasteiger partial charge < -0.3 is 55.4 Å². The third-order valence-corrected chi connectivity index (χ3v) is 6.30. The maximum absolute atomic E-state index is 12.9. The number of Topliss-reactive ketones (excluding diaryl/α,β-unsaturated/α-hetero) is 1. The molecule has 0 amide bonds. The van der Waals surface area contributed by atoms with Gasteiger partial charge >= 0.3 is 11.9 Å². The highest BCUT2D eigenvalue weighted by Gasteiger charge is 2.76. The van der Waals surface area contributed by atoms with E-state index in [0.717, 1.165) is 5.56 Å². The lowest BCUT2D eigenvalue weighted by Crippen LogP contribution is -2.81. The van der Waals surface area contributed by atoms with E-state index in [1.165, 1.54) is 14.2 Å². The molecular formula is C19H27NO12. The van der Waals surface area contributed by atoms with Crippen molar-refractivity contribution in [3.63, 3.8) is 0 Å². The Labute approximate surface area is 181 Å². The minimum absolute atomic E-state index is 0.302. The molecule has 2 atom stereocenters. The molecular weight excluding hydrogens is 434 g/mol. The van der Waals surface area contributed by atoms with E-state index in [1.54, 1.807) is 17.0 Å². The molecule has 1 saturated heterocycles. The van der Waals surface area contributed by atoms with Gasteiger partial charge in [0, 0.05) is 25.6 Å². The number of carbonyl (C=O) groups excluding carboxylic acids is 1. The van der Waals surface area contributed by atoms with Crippen LogP contribution in [0.15, 0.2) is 12.1 Å². The second-order valence-electron chi connectivity index (χ2n) is 8.10. The van der Waals surface area contributed by atoms with Gasteiger partial charge in [0.25, 0.3) is 5.60 Å². The second-order valence-corrected chi connectivity index (χ2v) is 8.10. The molecule has 0 spiro atoms. The molecule has 2 aliphatic heterocycles. The Morgan fingerprint density at radius 3 is 1.94 bits per heavy atom.